The molecule has 0 spiro atoms. The standard InChI is InChI=1S/C13H15BrClNO4S/c1-2-8-6-7-20-11(8)13(17)16-21(18,19)12-9(14)4-3-5-10(12)15/h3-5,8,11H,2,6-7H2,1H3,(H,16,17)/t8-,11+/m1/s1. The van der Waals surface area contributed by atoms with Gasteiger partial charge in [-0.25, -0.2) is 13.1 Å². The number of nitrogens with one attached hydrogen (secondary N) is 1. The van der Waals surface area contributed by atoms with Gasteiger partial charge in [-0.3, -0.25) is 4.79 Å². The molecule has 8 heteroatoms. The van der Waals surface area contributed by atoms with Crippen molar-refractivity contribution >= 4 is 43.5 Å². The van der Waals surface area contributed by atoms with Gasteiger partial charge in [0.05, 0.1) is 5.02 Å². The molecule has 1 N–H and O–H groups in total. The number of carbonyl (C=O) groups excluding carboxylic acids is 1. The molecule has 1 saturated heterocycles. The fourth-order valence-electron chi connectivity index (χ4n) is 2.32. The van der Waals surface area contributed by atoms with Crippen molar-refractivity contribution in [2.75, 3.05) is 6.61 Å². The monoisotopic (exact) mass is 395 g/mol. The van der Waals surface area contributed by atoms with Gasteiger partial charge in [0.15, 0.2) is 0 Å². The van der Waals surface area contributed by atoms with Crippen molar-refractivity contribution in [3.63, 3.8) is 0 Å². The second kappa shape index (κ2) is 6.64. The van der Waals surface area contributed by atoms with Crippen LogP contribution in [0.3, 0.4) is 0 Å². The van der Waals surface area contributed by atoms with Gasteiger partial charge < -0.3 is 4.74 Å². The Morgan fingerprint density at radius 3 is 2.86 bits per heavy atom. The fourth-order valence-corrected chi connectivity index (χ4v) is 5.05. The molecule has 21 heavy (non-hydrogen) atoms. The molecule has 0 saturated carbocycles. The molecule has 5 nitrogen and oxygen atoms in total. The number of sulfonamides is 1. The number of hydrogen-bond donors (Lipinski definition) is 1. The lowest BCUT2D eigenvalue weighted by Crippen LogP contribution is -2.41. The first kappa shape index (κ1) is 16.7. The summed E-state index contributed by atoms with van der Waals surface area (Å²) in [6, 6.07) is 4.61. The Kier molecular flexibility index (Phi) is 5.29. The molecule has 116 valence electrons. The lowest BCUT2D eigenvalue weighted by Gasteiger charge is -2.17. The van der Waals surface area contributed by atoms with E-state index in [1.807, 2.05) is 6.92 Å². The molecule has 0 bridgehead atoms. The first-order chi connectivity index (χ1) is 9.86. The number of amides is 1. The molecule has 1 aliphatic rings. The third-order valence-electron chi connectivity index (χ3n) is 3.42. The number of hydrogen-bond acceptors (Lipinski definition) is 4. The van der Waals surface area contributed by atoms with Crippen LogP contribution in [0, 0.1) is 5.92 Å². The van der Waals surface area contributed by atoms with Gasteiger partial charge in [-0.1, -0.05) is 31.0 Å². The highest BCUT2D eigenvalue weighted by Crippen LogP contribution is 2.30. The lowest BCUT2D eigenvalue weighted by molar-refractivity contribution is -0.129. The Morgan fingerprint density at radius 2 is 2.24 bits per heavy atom. The van der Waals surface area contributed by atoms with Crippen LogP contribution >= 0.6 is 27.5 Å². The third-order valence-corrected chi connectivity index (χ3v) is 6.22. The molecule has 1 heterocycles. The smallest absolute Gasteiger partial charge is 0.266 e. The van der Waals surface area contributed by atoms with Crippen LogP contribution in [-0.2, 0) is 19.6 Å². The van der Waals surface area contributed by atoms with E-state index in [9.17, 15) is 13.2 Å². The van der Waals surface area contributed by atoms with Gasteiger partial charge in [-0.15, -0.1) is 0 Å². The number of halogens is 2. The Labute approximate surface area is 137 Å². The quantitative estimate of drug-likeness (QED) is 0.849. The number of carbonyl (C=O) groups is 1. The van der Waals surface area contributed by atoms with Crippen LogP contribution in [0.2, 0.25) is 5.02 Å². The second-order valence-corrected chi connectivity index (χ2v) is 7.65. The zero-order valence-electron chi connectivity index (χ0n) is 11.3. The predicted molar refractivity (Wildman–Crippen MR) is 82.6 cm³/mol. The lowest BCUT2D eigenvalue weighted by atomic mass is 9.98. The molecule has 0 unspecified atom stereocenters. The van der Waals surface area contributed by atoms with Gasteiger partial charge in [0.1, 0.15) is 11.0 Å². The van der Waals surface area contributed by atoms with Crippen molar-refractivity contribution in [2.24, 2.45) is 5.92 Å². The average Bonchev–Trinajstić information content (AvgIpc) is 2.85. The van der Waals surface area contributed by atoms with Crippen molar-refractivity contribution in [1.29, 1.82) is 0 Å². The summed E-state index contributed by atoms with van der Waals surface area (Å²) in [5.74, 6) is -0.610. The maximum Gasteiger partial charge on any atom is 0.266 e. The van der Waals surface area contributed by atoms with Gasteiger partial charge in [-0.2, -0.15) is 0 Å². The minimum Gasteiger partial charge on any atom is -0.368 e. The summed E-state index contributed by atoms with van der Waals surface area (Å²) >= 11 is 9.06. The zero-order chi connectivity index (χ0) is 15.6. The highest BCUT2D eigenvalue weighted by molar-refractivity contribution is 9.10. The molecule has 1 fully saturated rings. The normalized spacial score (nSPS) is 22.2. The van der Waals surface area contributed by atoms with E-state index in [1.165, 1.54) is 6.07 Å². The molecular formula is C13H15BrClNO4S. The van der Waals surface area contributed by atoms with Crippen LogP contribution in [0.4, 0.5) is 0 Å². The van der Waals surface area contributed by atoms with E-state index >= 15 is 0 Å². The van der Waals surface area contributed by atoms with Crippen LogP contribution in [0.25, 0.3) is 0 Å². The molecule has 2 atom stereocenters. The molecule has 1 aromatic carbocycles. The van der Waals surface area contributed by atoms with Gasteiger partial charge in [0.25, 0.3) is 15.9 Å². The summed E-state index contributed by atoms with van der Waals surface area (Å²) in [4.78, 5) is 12.0. The molecule has 0 radical (unpaired) electrons. The summed E-state index contributed by atoms with van der Waals surface area (Å²) in [5, 5.41) is 0.0454. The second-order valence-electron chi connectivity index (χ2n) is 4.77. The fraction of sp³-hybridized carbons (Fsp3) is 0.462. The minimum absolute atomic E-state index is 0.0369. The van der Waals surface area contributed by atoms with Crippen molar-refractivity contribution < 1.29 is 17.9 Å². The molecule has 0 aromatic heterocycles. The van der Waals surface area contributed by atoms with E-state index in [4.69, 9.17) is 16.3 Å². The first-order valence-corrected chi connectivity index (χ1v) is 9.14. The largest absolute Gasteiger partial charge is 0.368 e. The van der Waals surface area contributed by atoms with Crippen LogP contribution in [-0.4, -0.2) is 27.0 Å². The molecule has 1 aromatic rings. The maximum absolute atomic E-state index is 12.3. The zero-order valence-corrected chi connectivity index (χ0v) is 14.5. The van der Waals surface area contributed by atoms with E-state index in [1.54, 1.807) is 12.1 Å². The topological polar surface area (TPSA) is 72.5 Å². The van der Waals surface area contributed by atoms with Crippen LogP contribution in [0.15, 0.2) is 27.6 Å². The van der Waals surface area contributed by atoms with E-state index in [-0.39, 0.29) is 15.8 Å². The van der Waals surface area contributed by atoms with Crippen LogP contribution in [0.1, 0.15) is 19.8 Å². The number of rotatable bonds is 4. The summed E-state index contributed by atoms with van der Waals surface area (Å²) < 4.78 is 32.4. The van der Waals surface area contributed by atoms with Gasteiger partial charge in [0, 0.05) is 11.1 Å². The molecule has 0 aliphatic carbocycles. The van der Waals surface area contributed by atoms with Crippen LogP contribution < -0.4 is 4.72 Å². The summed E-state index contributed by atoms with van der Waals surface area (Å²) in [6.07, 6.45) is 0.782. The molecular weight excluding hydrogens is 382 g/mol. The Bertz CT molecular complexity index is 629. The van der Waals surface area contributed by atoms with Crippen molar-refractivity contribution in [2.45, 2.75) is 30.8 Å². The highest BCUT2D eigenvalue weighted by Gasteiger charge is 2.35. The first-order valence-electron chi connectivity index (χ1n) is 6.49. The van der Waals surface area contributed by atoms with E-state index in [2.05, 4.69) is 20.7 Å². The highest BCUT2D eigenvalue weighted by atomic mass is 79.9. The minimum atomic E-state index is -4.05. The third kappa shape index (κ3) is 3.59. The number of ether oxygens (including phenoxy) is 1. The van der Waals surface area contributed by atoms with Gasteiger partial charge in [0.2, 0.25) is 0 Å². The van der Waals surface area contributed by atoms with E-state index < -0.39 is 22.0 Å². The molecule has 1 amide bonds. The summed E-state index contributed by atoms with van der Waals surface area (Å²) in [7, 11) is -4.05. The summed E-state index contributed by atoms with van der Waals surface area (Å²) in [6.45, 7) is 2.41. The van der Waals surface area contributed by atoms with Gasteiger partial charge in [-0.05, 0) is 40.4 Å². The average molecular weight is 397 g/mol. The SMILES string of the molecule is CC[C@@H]1CCO[C@@H]1C(=O)NS(=O)(=O)c1c(Cl)cccc1Br. The molecule has 2 rings (SSSR count). The predicted octanol–water partition coefficient (Wildman–Crippen LogP) is 2.72. The van der Waals surface area contributed by atoms with Crippen molar-refractivity contribution in [3.05, 3.63) is 27.7 Å². The van der Waals surface area contributed by atoms with Crippen molar-refractivity contribution in [3.8, 4) is 0 Å². The van der Waals surface area contributed by atoms with E-state index in [0.29, 0.717) is 11.1 Å². The Balaban J connectivity index is 2.24. The summed E-state index contributed by atoms with van der Waals surface area (Å²) in [5.41, 5.74) is 0. The van der Waals surface area contributed by atoms with Crippen LogP contribution in [0.5, 0.6) is 0 Å². The maximum atomic E-state index is 12.3. The van der Waals surface area contributed by atoms with E-state index in [0.717, 1.165) is 12.8 Å². The Hall–Kier alpha value is -0.630. The van der Waals surface area contributed by atoms with Gasteiger partial charge >= 0.3 is 0 Å². The van der Waals surface area contributed by atoms with Crippen molar-refractivity contribution in [1.82, 2.24) is 4.72 Å². The molecule has 1 aliphatic heterocycles. The number of benzene rings is 1. The Morgan fingerprint density at radius 1 is 1.52 bits per heavy atom.